The highest BCUT2D eigenvalue weighted by atomic mass is 16.5. The van der Waals surface area contributed by atoms with E-state index < -0.39 is 0 Å². The van der Waals surface area contributed by atoms with E-state index in [-0.39, 0.29) is 6.03 Å². The maximum atomic E-state index is 12.0. The van der Waals surface area contributed by atoms with Gasteiger partial charge >= 0.3 is 6.03 Å². The predicted molar refractivity (Wildman–Crippen MR) is 100 cm³/mol. The second-order valence-electron chi connectivity index (χ2n) is 5.59. The third kappa shape index (κ3) is 5.21. The second-order valence-corrected chi connectivity index (χ2v) is 5.59. The Kier molecular flexibility index (Phi) is 6.24. The topological polar surface area (TPSA) is 90.3 Å². The van der Waals surface area contributed by atoms with Crippen molar-refractivity contribution < 1.29 is 14.3 Å². The standard InChI is InChI=1S/C19H21N5O3/c1-26-16-4-6-17(7-5-16)27-12-10-22-19(25)23-13-15-3-2-8-21-18(15)24-11-9-20-14-24/h2-9,11,14H,10,12-13H2,1H3,(H2,22,23,25). The number of hydrogen-bond acceptors (Lipinski definition) is 5. The summed E-state index contributed by atoms with van der Waals surface area (Å²) in [6.45, 7) is 1.11. The first-order valence-corrected chi connectivity index (χ1v) is 8.47. The minimum atomic E-state index is -0.270. The SMILES string of the molecule is COc1ccc(OCCNC(=O)NCc2cccnc2-n2ccnc2)cc1. The number of urea groups is 1. The maximum absolute atomic E-state index is 12.0. The molecule has 2 heterocycles. The van der Waals surface area contributed by atoms with Crippen molar-refractivity contribution in [3.63, 3.8) is 0 Å². The molecule has 0 spiro atoms. The lowest BCUT2D eigenvalue weighted by Gasteiger charge is -2.11. The number of carbonyl (C=O) groups is 1. The fraction of sp³-hybridized carbons (Fsp3) is 0.211. The summed E-state index contributed by atoms with van der Waals surface area (Å²) in [6, 6.07) is 10.8. The van der Waals surface area contributed by atoms with E-state index in [1.807, 2.05) is 42.6 Å². The number of rotatable bonds is 8. The number of pyridine rings is 1. The molecular formula is C19H21N5O3. The van der Waals surface area contributed by atoms with E-state index in [1.165, 1.54) is 0 Å². The molecule has 140 valence electrons. The molecule has 0 aliphatic rings. The minimum Gasteiger partial charge on any atom is -0.497 e. The Balaban J connectivity index is 1.41. The zero-order valence-corrected chi connectivity index (χ0v) is 15.0. The van der Waals surface area contributed by atoms with E-state index in [4.69, 9.17) is 9.47 Å². The molecule has 0 fully saturated rings. The predicted octanol–water partition coefficient (Wildman–Crippen LogP) is 2.15. The number of methoxy groups -OCH3 is 1. The van der Waals surface area contributed by atoms with Crippen LogP contribution >= 0.6 is 0 Å². The van der Waals surface area contributed by atoms with Crippen LogP contribution in [0.5, 0.6) is 11.5 Å². The number of nitrogens with zero attached hydrogens (tertiary/aromatic N) is 3. The van der Waals surface area contributed by atoms with Crippen LogP contribution in [-0.2, 0) is 6.54 Å². The molecule has 0 radical (unpaired) electrons. The van der Waals surface area contributed by atoms with Crippen molar-refractivity contribution in [3.05, 3.63) is 66.9 Å². The number of imidazole rings is 1. The number of carbonyl (C=O) groups excluding carboxylic acids is 1. The molecule has 0 saturated heterocycles. The molecule has 0 bridgehead atoms. The van der Waals surface area contributed by atoms with Gasteiger partial charge in [-0.05, 0) is 30.3 Å². The van der Waals surface area contributed by atoms with Gasteiger partial charge in [0.15, 0.2) is 0 Å². The third-order valence-corrected chi connectivity index (χ3v) is 3.77. The van der Waals surface area contributed by atoms with E-state index in [0.717, 1.165) is 22.9 Å². The number of benzene rings is 1. The van der Waals surface area contributed by atoms with Crippen molar-refractivity contribution in [2.24, 2.45) is 0 Å². The van der Waals surface area contributed by atoms with Gasteiger partial charge in [-0.1, -0.05) is 6.07 Å². The Morgan fingerprint density at radius 3 is 2.67 bits per heavy atom. The third-order valence-electron chi connectivity index (χ3n) is 3.77. The zero-order chi connectivity index (χ0) is 18.9. The van der Waals surface area contributed by atoms with Gasteiger partial charge in [0.1, 0.15) is 30.3 Å². The highest BCUT2D eigenvalue weighted by Crippen LogP contribution is 2.16. The van der Waals surface area contributed by atoms with Gasteiger partial charge in [-0.25, -0.2) is 14.8 Å². The van der Waals surface area contributed by atoms with Crippen molar-refractivity contribution in [2.45, 2.75) is 6.54 Å². The van der Waals surface area contributed by atoms with Gasteiger partial charge in [0, 0.05) is 30.7 Å². The van der Waals surface area contributed by atoms with Crippen molar-refractivity contribution >= 4 is 6.03 Å². The largest absolute Gasteiger partial charge is 0.497 e. The summed E-state index contributed by atoms with van der Waals surface area (Å²) in [5.74, 6) is 2.22. The molecule has 0 atom stereocenters. The van der Waals surface area contributed by atoms with Crippen molar-refractivity contribution in [2.75, 3.05) is 20.3 Å². The molecule has 27 heavy (non-hydrogen) atoms. The van der Waals surface area contributed by atoms with Gasteiger partial charge in [0.25, 0.3) is 0 Å². The number of amides is 2. The molecule has 0 unspecified atom stereocenters. The van der Waals surface area contributed by atoms with E-state index >= 15 is 0 Å². The average Bonchev–Trinajstić information content (AvgIpc) is 3.25. The monoisotopic (exact) mass is 367 g/mol. The second kappa shape index (κ2) is 9.23. The minimum absolute atomic E-state index is 0.270. The van der Waals surface area contributed by atoms with Crippen molar-refractivity contribution in [1.29, 1.82) is 0 Å². The number of ether oxygens (including phenoxy) is 2. The number of hydrogen-bond donors (Lipinski definition) is 2. The molecule has 1 aromatic carbocycles. The van der Waals surface area contributed by atoms with Gasteiger partial charge in [0.05, 0.1) is 13.7 Å². The summed E-state index contributed by atoms with van der Waals surface area (Å²) >= 11 is 0. The van der Waals surface area contributed by atoms with E-state index in [0.29, 0.717) is 19.7 Å². The molecule has 2 aromatic heterocycles. The first-order valence-electron chi connectivity index (χ1n) is 8.47. The van der Waals surface area contributed by atoms with Gasteiger partial charge in [-0.3, -0.25) is 4.57 Å². The van der Waals surface area contributed by atoms with E-state index in [2.05, 4.69) is 20.6 Å². The van der Waals surface area contributed by atoms with Crippen LogP contribution in [0.1, 0.15) is 5.56 Å². The Morgan fingerprint density at radius 2 is 1.93 bits per heavy atom. The van der Waals surface area contributed by atoms with Gasteiger partial charge in [-0.15, -0.1) is 0 Å². The number of aromatic nitrogens is 3. The molecule has 3 rings (SSSR count). The lowest BCUT2D eigenvalue weighted by molar-refractivity contribution is 0.236. The van der Waals surface area contributed by atoms with Crippen LogP contribution in [0.15, 0.2) is 61.3 Å². The highest BCUT2D eigenvalue weighted by molar-refractivity contribution is 5.73. The van der Waals surface area contributed by atoms with Crippen LogP contribution < -0.4 is 20.1 Å². The Hall–Kier alpha value is -3.55. The summed E-state index contributed by atoms with van der Waals surface area (Å²) in [7, 11) is 1.61. The number of nitrogens with one attached hydrogen (secondary N) is 2. The zero-order valence-electron chi connectivity index (χ0n) is 15.0. The van der Waals surface area contributed by atoms with Crippen LogP contribution in [0, 0.1) is 0 Å². The molecule has 0 saturated carbocycles. The Bertz CT molecular complexity index is 850. The molecule has 0 aliphatic carbocycles. The van der Waals surface area contributed by atoms with E-state index in [1.54, 1.807) is 30.4 Å². The van der Waals surface area contributed by atoms with E-state index in [9.17, 15) is 4.79 Å². The lowest BCUT2D eigenvalue weighted by atomic mass is 10.2. The van der Waals surface area contributed by atoms with Crippen LogP contribution in [-0.4, -0.2) is 40.8 Å². The van der Waals surface area contributed by atoms with Crippen LogP contribution in [0.4, 0.5) is 4.79 Å². The van der Waals surface area contributed by atoms with Crippen LogP contribution in [0.25, 0.3) is 5.82 Å². The molecule has 0 aliphatic heterocycles. The lowest BCUT2D eigenvalue weighted by Crippen LogP contribution is -2.37. The quantitative estimate of drug-likeness (QED) is 0.596. The Labute approximate surface area is 157 Å². The molecule has 2 N–H and O–H groups in total. The summed E-state index contributed by atoms with van der Waals surface area (Å²) in [6.07, 6.45) is 6.86. The molecule has 2 amide bonds. The summed E-state index contributed by atoms with van der Waals surface area (Å²) in [4.78, 5) is 20.3. The fourth-order valence-electron chi connectivity index (χ4n) is 2.43. The van der Waals surface area contributed by atoms with Gasteiger partial charge in [0.2, 0.25) is 0 Å². The molecule has 8 nitrogen and oxygen atoms in total. The highest BCUT2D eigenvalue weighted by Gasteiger charge is 2.07. The molecule has 3 aromatic rings. The molecule has 8 heteroatoms. The van der Waals surface area contributed by atoms with Crippen molar-refractivity contribution in [3.8, 4) is 17.3 Å². The van der Waals surface area contributed by atoms with Crippen LogP contribution in [0.2, 0.25) is 0 Å². The average molecular weight is 367 g/mol. The van der Waals surface area contributed by atoms with Crippen molar-refractivity contribution in [1.82, 2.24) is 25.2 Å². The summed E-state index contributed by atoms with van der Waals surface area (Å²) in [5, 5.41) is 5.58. The summed E-state index contributed by atoms with van der Waals surface area (Å²) < 4.78 is 12.5. The Morgan fingerprint density at radius 1 is 1.11 bits per heavy atom. The maximum Gasteiger partial charge on any atom is 0.315 e. The molecular weight excluding hydrogens is 346 g/mol. The van der Waals surface area contributed by atoms with Gasteiger partial charge < -0.3 is 20.1 Å². The smallest absolute Gasteiger partial charge is 0.315 e. The van der Waals surface area contributed by atoms with Gasteiger partial charge in [-0.2, -0.15) is 0 Å². The normalized spacial score (nSPS) is 10.3. The van der Waals surface area contributed by atoms with Crippen LogP contribution in [0.3, 0.4) is 0 Å². The fourth-order valence-corrected chi connectivity index (χ4v) is 2.43. The summed E-state index contributed by atoms with van der Waals surface area (Å²) in [5.41, 5.74) is 0.889. The first-order chi connectivity index (χ1) is 13.3. The first kappa shape index (κ1) is 18.2.